The predicted octanol–water partition coefficient (Wildman–Crippen LogP) is 1.31. The van der Waals surface area contributed by atoms with E-state index in [2.05, 4.69) is 15.3 Å². The maximum absolute atomic E-state index is 11.7. The number of imidazole rings is 1. The van der Waals surface area contributed by atoms with Crippen molar-refractivity contribution in [3.05, 3.63) is 36.4 Å². The SMILES string of the molecule is Cc1ccc(-c2nccn2C2CCNC2=O)cn1. The van der Waals surface area contributed by atoms with Crippen molar-refractivity contribution in [2.24, 2.45) is 0 Å². The molecular weight excluding hydrogens is 228 g/mol. The Morgan fingerprint density at radius 2 is 2.28 bits per heavy atom. The number of nitrogens with zero attached hydrogens (tertiary/aromatic N) is 3. The minimum atomic E-state index is -0.149. The lowest BCUT2D eigenvalue weighted by Crippen LogP contribution is -2.22. The van der Waals surface area contributed by atoms with Gasteiger partial charge in [0.05, 0.1) is 0 Å². The van der Waals surface area contributed by atoms with Gasteiger partial charge in [0.15, 0.2) is 0 Å². The Bertz CT molecular complexity index is 573. The average molecular weight is 242 g/mol. The second-order valence-corrected chi connectivity index (χ2v) is 4.44. The van der Waals surface area contributed by atoms with E-state index in [1.54, 1.807) is 12.4 Å². The molecule has 5 nitrogen and oxygen atoms in total. The van der Waals surface area contributed by atoms with Gasteiger partial charge in [-0.3, -0.25) is 9.78 Å². The molecule has 0 aliphatic carbocycles. The summed E-state index contributed by atoms with van der Waals surface area (Å²) < 4.78 is 1.93. The van der Waals surface area contributed by atoms with Crippen LogP contribution in [0, 0.1) is 6.92 Å². The van der Waals surface area contributed by atoms with Crippen LogP contribution in [-0.4, -0.2) is 27.0 Å². The van der Waals surface area contributed by atoms with E-state index in [0.29, 0.717) is 0 Å². The van der Waals surface area contributed by atoms with Crippen LogP contribution in [0.5, 0.6) is 0 Å². The van der Waals surface area contributed by atoms with Crippen LogP contribution in [0.2, 0.25) is 0 Å². The fourth-order valence-corrected chi connectivity index (χ4v) is 2.23. The molecule has 0 saturated carbocycles. The second kappa shape index (κ2) is 4.25. The number of aryl methyl sites for hydroxylation is 1. The van der Waals surface area contributed by atoms with Gasteiger partial charge < -0.3 is 9.88 Å². The zero-order valence-corrected chi connectivity index (χ0v) is 10.1. The van der Waals surface area contributed by atoms with Crippen molar-refractivity contribution >= 4 is 5.91 Å². The van der Waals surface area contributed by atoms with Crippen molar-refractivity contribution in [3.63, 3.8) is 0 Å². The number of amides is 1. The van der Waals surface area contributed by atoms with E-state index in [4.69, 9.17) is 0 Å². The zero-order chi connectivity index (χ0) is 12.5. The fraction of sp³-hybridized carbons (Fsp3) is 0.308. The Kier molecular flexibility index (Phi) is 2.59. The Morgan fingerprint density at radius 3 is 2.94 bits per heavy atom. The fourth-order valence-electron chi connectivity index (χ4n) is 2.23. The molecule has 0 spiro atoms. The molecule has 1 N–H and O–H groups in total. The van der Waals surface area contributed by atoms with E-state index >= 15 is 0 Å². The number of nitrogens with one attached hydrogen (secondary N) is 1. The largest absolute Gasteiger partial charge is 0.354 e. The van der Waals surface area contributed by atoms with Gasteiger partial charge in [-0.05, 0) is 25.5 Å². The molecule has 2 aromatic heterocycles. The summed E-state index contributed by atoms with van der Waals surface area (Å²) in [5, 5.41) is 2.84. The second-order valence-electron chi connectivity index (χ2n) is 4.44. The Labute approximate surface area is 105 Å². The molecular formula is C13H14N4O. The summed E-state index contributed by atoms with van der Waals surface area (Å²) in [5.74, 6) is 0.860. The first-order chi connectivity index (χ1) is 8.75. The molecule has 1 unspecified atom stereocenters. The van der Waals surface area contributed by atoms with Gasteiger partial charge in [0.25, 0.3) is 0 Å². The number of carbonyl (C=O) groups excluding carboxylic acids is 1. The first-order valence-corrected chi connectivity index (χ1v) is 5.99. The molecule has 3 rings (SSSR count). The normalized spacial score (nSPS) is 18.9. The lowest BCUT2D eigenvalue weighted by Gasteiger charge is -2.12. The molecule has 0 aromatic carbocycles. The quantitative estimate of drug-likeness (QED) is 0.863. The van der Waals surface area contributed by atoms with Crippen LogP contribution in [0.3, 0.4) is 0 Å². The van der Waals surface area contributed by atoms with Crippen LogP contribution < -0.4 is 5.32 Å². The summed E-state index contributed by atoms with van der Waals surface area (Å²) in [6.07, 6.45) is 6.17. The number of aromatic nitrogens is 3. The molecule has 1 fully saturated rings. The number of hydrogen-bond acceptors (Lipinski definition) is 3. The summed E-state index contributed by atoms with van der Waals surface area (Å²) in [7, 11) is 0. The molecule has 1 aliphatic rings. The minimum absolute atomic E-state index is 0.0642. The first kappa shape index (κ1) is 11.0. The van der Waals surface area contributed by atoms with Crippen molar-refractivity contribution in [2.45, 2.75) is 19.4 Å². The molecule has 1 atom stereocenters. The van der Waals surface area contributed by atoms with Crippen LogP contribution in [0.25, 0.3) is 11.4 Å². The highest BCUT2D eigenvalue weighted by Gasteiger charge is 2.27. The third-order valence-corrected chi connectivity index (χ3v) is 3.19. The van der Waals surface area contributed by atoms with Crippen LogP contribution >= 0.6 is 0 Å². The third kappa shape index (κ3) is 1.77. The van der Waals surface area contributed by atoms with Crippen molar-refractivity contribution in [2.75, 3.05) is 6.54 Å². The van der Waals surface area contributed by atoms with Gasteiger partial charge in [0.1, 0.15) is 11.9 Å². The lowest BCUT2D eigenvalue weighted by atomic mass is 10.2. The topological polar surface area (TPSA) is 59.8 Å². The van der Waals surface area contributed by atoms with Crippen molar-refractivity contribution < 1.29 is 4.79 Å². The van der Waals surface area contributed by atoms with Gasteiger partial charge in [-0.25, -0.2) is 4.98 Å². The average Bonchev–Trinajstić information content (AvgIpc) is 2.98. The van der Waals surface area contributed by atoms with Gasteiger partial charge in [0.2, 0.25) is 5.91 Å². The molecule has 1 saturated heterocycles. The molecule has 1 aliphatic heterocycles. The minimum Gasteiger partial charge on any atom is -0.354 e. The number of rotatable bonds is 2. The van der Waals surface area contributed by atoms with Crippen molar-refractivity contribution in [1.29, 1.82) is 0 Å². The summed E-state index contributed by atoms with van der Waals surface area (Å²) in [4.78, 5) is 20.3. The Balaban J connectivity index is 2.01. The van der Waals surface area contributed by atoms with Gasteiger partial charge in [0, 0.05) is 36.4 Å². The third-order valence-electron chi connectivity index (χ3n) is 3.19. The monoisotopic (exact) mass is 242 g/mol. The van der Waals surface area contributed by atoms with Gasteiger partial charge in [-0.15, -0.1) is 0 Å². The standard InChI is InChI=1S/C13H14N4O/c1-9-2-3-10(8-16-9)12-14-6-7-17(12)11-4-5-15-13(11)18/h2-3,6-8,11H,4-5H2,1H3,(H,15,18). The van der Waals surface area contributed by atoms with Crippen LogP contribution in [0.4, 0.5) is 0 Å². The maximum Gasteiger partial charge on any atom is 0.243 e. The molecule has 3 heterocycles. The van der Waals surface area contributed by atoms with Gasteiger partial charge in [-0.1, -0.05) is 0 Å². The van der Waals surface area contributed by atoms with Gasteiger partial charge in [-0.2, -0.15) is 0 Å². The highest BCUT2D eigenvalue weighted by molar-refractivity contribution is 5.83. The molecule has 0 radical (unpaired) electrons. The summed E-state index contributed by atoms with van der Waals surface area (Å²) in [6.45, 7) is 2.67. The Hall–Kier alpha value is -2.17. The number of hydrogen-bond donors (Lipinski definition) is 1. The molecule has 18 heavy (non-hydrogen) atoms. The van der Waals surface area contributed by atoms with Gasteiger partial charge >= 0.3 is 0 Å². The lowest BCUT2D eigenvalue weighted by molar-refractivity contribution is -0.121. The predicted molar refractivity (Wildman–Crippen MR) is 66.9 cm³/mol. The van der Waals surface area contributed by atoms with Crippen molar-refractivity contribution in [3.8, 4) is 11.4 Å². The summed E-state index contributed by atoms with van der Waals surface area (Å²) in [6, 6.07) is 3.78. The summed E-state index contributed by atoms with van der Waals surface area (Å²) in [5.41, 5.74) is 1.90. The zero-order valence-electron chi connectivity index (χ0n) is 10.1. The summed E-state index contributed by atoms with van der Waals surface area (Å²) >= 11 is 0. The Morgan fingerprint density at radius 1 is 1.39 bits per heavy atom. The molecule has 92 valence electrons. The maximum atomic E-state index is 11.7. The molecule has 0 bridgehead atoms. The van der Waals surface area contributed by atoms with E-state index in [9.17, 15) is 4.79 Å². The van der Waals surface area contributed by atoms with Crippen molar-refractivity contribution in [1.82, 2.24) is 19.9 Å². The first-order valence-electron chi connectivity index (χ1n) is 5.99. The molecule has 5 heteroatoms. The van der Waals surface area contributed by atoms with E-state index < -0.39 is 0 Å². The van der Waals surface area contributed by atoms with Crippen LogP contribution in [-0.2, 0) is 4.79 Å². The van der Waals surface area contributed by atoms with Crippen LogP contribution in [0.1, 0.15) is 18.2 Å². The number of carbonyl (C=O) groups is 1. The highest BCUT2D eigenvalue weighted by Crippen LogP contribution is 2.24. The van der Waals surface area contributed by atoms with E-state index in [-0.39, 0.29) is 11.9 Å². The van der Waals surface area contributed by atoms with E-state index in [1.165, 1.54) is 0 Å². The van der Waals surface area contributed by atoms with E-state index in [0.717, 1.165) is 30.0 Å². The smallest absolute Gasteiger partial charge is 0.243 e. The molecule has 1 amide bonds. The highest BCUT2D eigenvalue weighted by atomic mass is 16.2. The molecule has 2 aromatic rings. The van der Waals surface area contributed by atoms with Crippen LogP contribution in [0.15, 0.2) is 30.7 Å². The number of pyridine rings is 1. The van der Waals surface area contributed by atoms with E-state index in [1.807, 2.05) is 29.8 Å².